The van der Waals surface area contributed by atoms with Crippen LogP contribution in [0.2, 0.25) is 0 Å². The quantitative estimate of drug-likeness (QED) is 0.588. The van der Waals surface area contributed by atoms with E-state index in [1.807, 2.05) is 0 Å². The first-order valence-corrected chi connectivity index (χ1v) is 4.05. The molecule has 0 atom stereocenters. The van der Waals surface area contributed by atoms with E-state index in [2.05, 4.69) is 44.7 Å². The largest absolute Gasteiger partial charge is 0.175 e. The molecule has 0 saturated carbocycles. The Morgan fingerprint density at radius 1 is 1.30 bits per heavy atom. The lowest BCUT2D eigenvalue weighted by atomic mass is 10.1. The van der Waals surface area contributed by atoms with Crippen LogP contribution in [0.4, 0.5) is 0 Å². The van der Waals surface area contributed by atoms with Crippen LogP contribution in [0.25, 0.3) is 0 Å². The Hall–Kier alpha value is -0.430. The molecule has 0 aliphatic heterocycles. The highest BCUT2D eigenvalue weighted by molar-refractivity contribution is 7.79. The molecule has 0 amide bonds. The predicted molar refractivity (Wildman–Crippen MR) is 48.6 cm³/mol. The molecule has 0 aromatic heterocycles. The summed E-state index contributed by atoms with van der Waals surface area (Å²) in [7, 11) is 0. The second kappa shape index (κ2) is 3.11. The molecule has 0 radical (unpaired) electrons. The third-order valence-electron chi connectivity index (χ3n) is 1.89. The van der Waals surface area contributed by atoms with E-state index in [1.165, 1.54) is 16.7 Å². The molecule has 54 valence electrons. The second-order valence-electron chi connectivity index (χ2n) is 2.52. The van der Waals surface area contributed by atoms with Crippen LogP contribution in [0.15, 0.2) is 18.2 Å². The summed E-state index contributed by atoms with van der Waals surface area (Å²) in [5.41, 5.74) is 4.06. The fraction of sp³-hybridized carbons (Fsp3) is 0.333. The monoisotopic (exact) mass is 152 g/mol. The first-order chi connectivity index (χ1) is 4.75. The fourth-order valence-electron chi connectivity index (χ4n) is 0.983. The topological polar surface area (TPSA) is 0 Å². The molecule has 1 rings (SSSR count). The average Bonchev–Trinajstić information content (AvgIpc) is 1.95. The molecule has 0 heterocycles. The molecule has 0 spiro atoms. The summed E-state index contributed by atoms with van der Waals surface area (Å²) in [6.07, 6.45) is 0. The number of benzene rings is 1. The number of hydrogen-bond donors (Lipinski definition) is 1. The van der Waals surface area contributed by atoms with Gasteiger partial charge in [-0.2, -0.15) is 12.6 Å². The van der Waals surface area contributed by atoms with Crippen molar-refractivity contribution in [3.8, 4) is 0 Å². The SMILES string of the molecule is Cc1cccc(CS)c1C. The van der Waals surface area contributed by atoms with E-state index in [0.717, 1.165) is 5.75 Å². The van der Waals surface area contributed by atoms with Gasteiger partial charge in [0, 0.05) is 5.75 Å². The van der Waals surface area contributed by atoms with E-state index in [-0.39, 0.29) is 0 Å². The Kier molecular flexibility index (Phi) is 2.39. The van der Waals surface area contributed by atoms with Crippen molar-refractivity contribution in [2.45, 2.75) is 19.6 Å². The normalized spacial score (nSPS) is 9.90. The van der Waals surface area contributed by atoms with Crippen LogP contribution in [-0.4, -0.2) is 0 Å². The van der Waals surface area contributed by atoms with Crippen LogP contribution in [-0.2, 0) is 5.75 Å². The van der Waals surface area contributed by atoms with Gasteiger partial charge in [-0.3, -0.25) is 0 Å². The van der Waals surface area contributed by atoms with Gasteiger partial charge in [-0.05, 0) is 30.5 Å². The summed E-state index contributed by atoms with van der Waals surface area (Å²) >= 11 is 4.23. The van der Waals surface area contributed by atoms with E-state index < -0.39 is 0 Å². The van der Waals surface area contributed by atoms with Gasteiger partial charge in [-0.15, -0.1) is 0 Å². The van der Waals surface area contributed by atoms with E-state index in [9.17, 15) is 0 Å². The molecule has 0 saturated heterocycles. The van der Waals surface area contributed by atoms with Crippen molar-refractivity contribution in [1.29, 1.82) is 0 Å². The van der Waals surface area contributed by atoms with Gasteiger partial charge in [-0.25, -0.2) is 0 Å². The zero-order valence-electron chi connectivity index (χ0n) is 6.39. The maximum absolute atomic E-state index is 4.23. The van der Waals surface area contributed by atoms with Gasteiger partial charge in [0.15, 0.2) is 0 Å². The smallest absolute Gasteiger partial charge is 0.0156 e. The highest BCUT2D eigenvalue weighted by atomic mass is 32.1. The van der Waals surface area contributed by atoms with Crippen LogP contribution < -0.4 is 0 Å². The summed E-state index contributed by atoms with van der Waals surface area (Å²) in [5, 5.41) is 0. The fourth-order valence-corrected chi connectivity index (χ4v) is 1.33. The van der Waals surface area contributed by atoms with Gasteiger partial charge < -0.3 is 0 Å². The molecule has 1 aromatic carbocycles. The maximum Gasteiger partial charge on any atom is 0.0156 e. The first kappa shape index (κ1) is 7.67. The van der Waals surface area contributed by atoms with E-state index in [1.54, 1.807) is 0 Å². The Morgan fingerprint density at radius 3 is 2.50 bits per heavy atom. The summed E-state index contributed by atoms with van der Waals surface area (Å²) in [6.45, 7) is 4.27. The molecule has 0 bridgehead atoms. The number of thiol groups is 1. The van der Waals surface area contributed by atoms with E-state index in [4.69, 9.17) is 0 Å². The Morgan fingerprint density at radius 2 is 2.00 bits per heavy atom. The van der Waals surface area contributed by atoms with Crippen molar-refractivity contribution in [2.75, 3.05) is 0 Å². The van der Waals surface area contributed by atoms with Gasteiger partial charge in [0.05, 0.1) is 0 Å². The van der Waals surface area contributed by atoms with Gasteiger partial charge in [0.1, 0.15) is 0 Å². The van der Waals surface area contributed by atoms with E-state index in [0.29, 0.717) is 0 Å². The minimum Gasteiger partial charge on any atom is -0.175 e. The van der Waals surface area contributed by atoms with Gasteiger partial charge in [-0.1, -0.05) is 18.2 Å². The predicted octanol–water partition coefficient (Wildman–Crippen LogP) is 2.73. The Balaban J connectivity index is 3.14. The zero-order chi connectivity index (χ0) is 7.56. The average molecular weight is 152 g/mol. The number of rotatable bonds is 1. The number of aryl methyl sites for hydroxylation is 1. The summed E-state index contributed by atoms with van der Waals surface area (Å²) in [6, 6.07) is 6.32. The molecule has 0 nitrogen and oxygen atoms in total. The van der Waals surface area contributed by atoms with Crippen molar-refractivity contribution in [3.05, 3.63) is 34.9 Å². The third-order valence-corrected chi connectivity index (χ3v) is 2.23. The first-order valence-electron chi connectivity index (χ1n) is 3.41. The van der Waals surface area contributed by atoms with Crippen molar-refractivity contribution in [2.24, 2.45) is 0 Å². The van der Waals surface area contributed by atoms with Gasteiger partial charge in [0.25, 0.3) is 0 Å². The lowest BCUT2D eigenvalue weighted by Crippen LogP contribution is -1.86. The Bertz CT molecular complexity index is 228. The second-order valence-corrected chi connectivity index (χ2v) is 2.83. The molecule has 10 heavy (non-hydrogen) atoms. The van der Waals surface area contributed by atoms with Crippen LogP contribution in [0.3, 0.4) is 0 Å². The van der Waals surface area contributed by atoms with Gasteiger partial charge in [0.2, 0.25) is 0 Å². The maximum atomic E-state index is 4.23. The molecule has 1 aromatic rings. The molecule has 0 aliphatic carbocycles. The van der Waals surface area contributed by atoms with Crippen LogP contribution >= 0.6 is 12.6 Å². The molecule has 0 fully saturated rings. The molecule has 0 unspecified atom stereocenters. The zero-order valence-corrected chi connectivity index (χ0v) is 7.28. The minimum atomic E-state index is 0.841. The highest BCUT2D eigenvalue weighted by Crippen LogP contribution is 2.13. The van der Waals surface area contributed by atoms with Crippen molar-refractivity contribution < 1.29 is 0 Å². The molecular weight excluding hydrogens is 140 g/mol. The molecule has 1 heteroatoms. The molecular formula is C9H12S. The lowest BCUT2D eigenvalue weighted by Gasteiger charge is -2.03. The van der Waals surface area contributed by atoms with Crippen molar-refractivity contribution >= 4 is 12.6 Å². The molecule has 0 N–H and O–H groups in total. The minimum absolute atomic E-state index is 0.841. The number of hydrogen-bond acceptors (Lipinski definition) is 1. The third kappa shape index (κ3) is 1.35. The lowest BCUT2D eigenvalue weighted by molar-refractivity contribution is 1.25. The van der Waals surface area contributed by atoms with Gasteiger partial charge >= 0.3 is 0 Å². The summed E-state index contributed by atoms with van der Waals surface area (Å²) in [4.78, 5) is 0. The van der Waals surface area contributed by atoms with Crippen molar-refractivity contribution in [1.82, 2.24) is 0 Å². The Labute approximate surface area is 67.7 Å². The highest BCUT2D eigenvalue weighted by Gasteiger charge is 1.96. The summed E-state index contributed by atoms with van der Waals surface area (Å²) in [5.74, 6) is 0.841. The summed E-state index contributed by atoms with van der Waals surface area (Å²) < 4.78 is 0. The van der Waals surface area contributed by atoms with E-state index >= 15 is 0 Å². The van der Waals surface area contributed by atoms with Crippen LogP contribution in [0.1, 0.15) is 16.7 Å². The molecule has 0 aliphatic rings. The van der Waals surface area contributed by atoms with Crippen LogP contribution in [0.5, 0.6) is 0 Å². The van der Waals surface area contributed by atoms with Crippen molar-refractivity contribution in [3.63, 3.8) is 0 Å². The van der Waals surface area contributed by atoms with Crippen LogP contribution in [0, 0.1) is 13.8 Å². The standard InChI is InChI=1S/C9H12S/c1-7-4-3-5-9(6-10)8(7)2/h3-5,10H,6H2,1-2H3.